The monoisotopic (exact) mass is 290 g/mol. The first kappa shape index (κ1) is 15.7. The van der Waals surface area contributed by atoms with E-state index in [0.29, 0.717) is 25.1 Å². The molecule has 1 fully saturated rings. The summed E-state index contributed by atoms with van der Waals surface area (Å²) in [5, 5.41) is 5.93. The minimum Gasteiger partial charge on any atom is -0.492 e. The lowest BCUT2D eigenvalue weighted by Gasteiger charge is -2.29. The zero-order chi connectivity index (χ0) is 15.1. The molecule has 4 nitrogen and oxygen atoms in total. The van der Waals surface area contributed by atoms with Crippen LogP contribution in [-0.4, -0.2) is 25.2 Å². The topological polar surface area (TPSA) is 50.4 Å². The second-order valence-electron chi connectivity index (χ2n) is 5.93. The van der Waals surface area contributed by atoms with E-state index < -0.39 is 0 Å². The first-order chi connectivity index (χ1) is 10.1. The summed E-state index contributed by atoms with van der Waals surface area (Å²) in [6, 6.07) is 8.15. The van der Waals surface area contributed by atoms with Gasteiger partial charge in [0.25, 0.3) is 0 Å². The van der Waals surface area contributed by atoms with Crippen LogP contribution in [0.15, 0.2) is 24.3 Å². The highest BCUT2D eigenvalue weighted by Crippen LogP contribution is 2.23. The number of nitrogens with one attached hydrogen (secondary N) is 2. The zero-order valence-corrected chi connectivity index (χ0v) is 13.0. The van der Waals surface area contributed by atoms with Gasteiger partial charge in [0.05, 0.1) is 6.54 Å². The van der Waals surface area contributed by atoms with E-state index in [9.17, 15) is 4.79 Å². The van der Waals surface area contributed by atoms with Crippen LogP contribution in [0.1, 0.15) is 38.2 Å². The standard InChI is InChI=1S/C17H26N2O2/c1-13-7-9-15(10-8-13)21-12-11-18-17(20)19-16-6-4-3-5-14(16)2/h7-10,14,16H,3-6,11-12H2,1-2H3,(H2,18,19,20). The number of carbonyl (C=O) groups is 1. The second-order valence-corrected chi connectivity index (χ2v) is 5.93. The van der Waals surface area contributed by atoms with Gasteiger partial charge in [-0.25, -0.2) is 4.79 Å². The van der Waals surface area contributed by atoms with Gasteiger partial charge in [-0.2, -0.15) is 0 Å². The molecule has 2 amide bonds. The van der Waals surface area contributed by atoms with E-state index in [2.05, 4.69) is 17.6 Å². The molecule has 1 aliphatic rings. The first-order valence-electron chi connectivity index (χ1n) is 7.89. The third kappa shape index (κ3) is 5.29. The maximum atomic E-state index is 11.8. The van der Waals surface area contributed by atoms with Crippen LogP contribution in [0, 0.1) is 12.8 Å². The second kappa shape index (κ2) is 7.91. The fourth-order valence-electron chi connectivity index (χ4n) is 2.72. The molecule has 2 rings (SSSR count). The molecule has 1 saturated carbocycles. The molecule has 2 atom stereocenters. The van der Waals surface area contributed by atoms with Crippen LogP contribution in [0.25, 0.3) is 0 Å². The molecule has 116 valence electrons. The summed E-state index contributed by atoms with van der Waals surface area (Å²) < 4.78 is 5.58. The molecule has 2 unspecified atom stereocenters. The van der Waals surface area contributed by atoms with Gasteiger partial charge >= 0.3 is 6.03 Å². The number of aryl methyl sites for hydroxylation is 1. The van der Waals surface area contributed by atoms with Crippen molar-refractivity contribution in [2.45, 2.75) is 45.6 Å². The average molecular weight is 290 g/mol. The molecule has 0 aromatic heterocycles. The number of amides is 2. The fourth-order valence-corrected chi connectivity index (χ4v) is 2.72. The van der Waals surface area contributed by atoms with Crippen molar-refractivity contribution >= 4 is 6.03 Å². The van der Waals surface area contributed by atoms with Gasteiger partial charge in [-0.15, -0.1) is 0 Å². The zero-order valence-electron chi connectivity index (χ0n) is 13.0. The molecule has 1 aromatic carbocycles. The van der Waals surface area contributed by atoms with E-state index in [1.807, 2.05) is 31.2 Å². The summed E-state index contributed by atoms with van der Waals surface area (Å²) in [5.41, 5.74) is 1.21. The Morgan fingerprint density at radius 1 is 1.24 bits per heavy atom. The highest BCUT2D eigenvalue weighted by atomic mass is 16.5. The smallest absolute Gasteiger partial charge is 0.315 e. The van der Waals surface area contributed by atoms with Crippen molar-refractivity contribution in [3.05, 3.63) is 29.8 Å². The molecule has 1 aliphatic carbocycles. The molecular formula is C17H26N2O2. The van der Waals surface area contributed by atoms with Crippen LogP contribution in [0.2, 0.25) is 0 Å². The summed E-state index contributed by atoms with van der Waals surface area (Å²) in [6.45, 7) is 5.25. The van der Waals surface area contributed by atoms with Crippen LogP contribution >= 0.6 is 0 Å². The maximum absolute atomic E-state index is 11.8. The predicted molar refractivity (Wildman–Crippen MR) is 84.6 cm³/mol. The van der Waals surface area contributed by atoms with E-state index in [0.717, 1.165) is 12.2 Å². The van der Waals surface area contributed by atoms with E-state index >= 15 is 0 Å². The van der Waals surface area contributed by atoms with Crippen molar-refractivity contribution in [2.24, 2.45) is 5.92 Å². The van der Waals surface area contributed by atoms with Gasteiger partial charge < -0.3 is 15.4 Å². The maximum Gasteiger partial charge on any atom is 0.315 e. The number of urea groups is 1. The Bertz CT molecular complexity index is 445. The number of carbonyl (C=O) groups excluding carboxylic acids is 1. The Balaban J connectivity index is 1.61. The van der Waals surface area contributed by atoms with Crippen molar-refractivity contribution in [2.75, 3.05) is 13.2 Å². The molecule has 0 heterocycles. The van der Waals surface area contributed by atoms with Gasteiger partial charge in [-0.3, -0.25) is 0 Å². The van der Waals surface area contributed by atoms with Gasteiger partial charge in [0, 0.05) is 6.04 Å². The van der Waals surface area contributed by atoms with Crippen molar-refractivity contribution in [1.29, 1.82) is 0 Å². The summed E-state index contributed by atoms with van der Waals surface area (Å²) in [6.07, 6.45) is 4.80. The van der Waals surface area contributed by atoms with E-state index in [-0.39, 0.29) is 6.03 Å². The Kier molecular flexibility index (Phi) is 5.90. The van der Waals surface area contributed by atoms with Crippen LogP contribution in [0.5, 0.6) is 5.75 Å². The minimum atomic E-state index is -0.0822. The van der Waals surface area contributed by atoms with Crippen molar-refractivity contribution in [1.82, 2.24) is 10.6 Å². The molecule has 1 aromatic rings. The summed E-state index contributed by atoms with van der Waals surface area (Å²) >= 11 is 0. The quantitative estimate of drug-likeness (QED) is 0.818. The summed E-state index contributed by atoms with van der Waals surface area (Å²) in [4.78, 5) is 11.8. The number of benzene rings is 1. The minimum absolute atomic E-state index is 0.0822. The first-order valence-corrected chi connectivity index (χ1v) is 7.89. The largest absolute Gasteiger partial charge is 0.492 e. The fraction of sp³-hybridized carbons (Fsp3) is 0.588. The molecule has 21 heavy (non-hydrogen) atoms. The molecule has 0 aliphatic heterocycles. The third-order valence-corrected chi connectivity index (χ3v) is 4.11. The van der Waals surface area contributed by atoms with Gasteiger partial charge in [-0.1, -0.05) is 37.5 Å². The Morgan fingerprint density at radius 2 is 1.95 bits per heavy atom. The number of hydrogen-bond acceptors (Lipinski definition) is 2. The van der Waals surface area contributed by atoms with Gasteiger partial charge in [-0.05, 0) is 37.8 Å². The molecule has 0 bridgehead atoms. The molecule has 4 heteroatoms. The summed E-state index contributed by atoms with van der Waals surface area (Å²) in [5.74, 6) is 1.41. The Hall–Kier alpha value is -1.71. The van der Waals surface area contributed by atoms with Gasteiger partial charge in [0.2, 0.25) is 0 Å². The van der Waals surface area contributed by atoms with Crippen LogP contribution in [-0.2, 0) is 0 Å². The normalized spacial score (nSPS) is 21.6. The lowest BCUT2D eigenvalue weighted by molar-refractivity contribution is 0.218. The highest BCUT2D eigenvalue weighted by Gasteiger charge is 2.22. The lowest BCUT2D eigenvalue weighted by Crippen LogP contribution is -2.46. The van der Waals surface area contributed by atoms with Gasteiger partial charge in [0.1, 0.15) is 12.4 Å². The third-order valence-electron chi connectivity index (χ3n) is 4.11. The molecule has 0 radical (unpaired) electrons. The van der Waals surface area contributed by atoms with Crippen LogP contribution in [0.3, 0.4) is 0 Å². The lowest BCUT2D eigenvalue weighted by atomic mass is 9.86. The number of ether oxygens (including phenoxy) is 1. The molecule has 0 spiro atoms. The Morgan fingerprint density at radius 3 is 2.67 bits per heavy atom. The van der Waals surface area contributed by atoms with Gasteiger partial charge in [0.15, 0.2) is 0 Å². The average Bonchev–Trinajstić information content (AvgIpc) is 2.48. The van der Waals surface area contributed by atoms with Crippen molar-refractivity contribution in [3.8, 4) is 5.75 Å². The van der Waals surface area contributed by atoms with E-state index in [1.54, 1.807) is 0 Å². The molecule has 2 N–H and O–H groups in total. The van der Waals surface area contributed by atoms with E-state index in [1.165, 1.54) is 24.8 Å². The van der Waals surface area contributed by atoms with Crippen LogP contribution < -0.4 is 15.4 Å². The molecular weight excluding hydrogens is 264 g/mol. The Labute approximate surface area is 127 Å². The predicted octanol–water partition coefficient (Wildman–Crippen LogP) is 3.25. The van der Waals surface area contributed by atoms with Crippen molar-refractivity contribution < 1.29 is 9.53 Å². The van der Waals surface area contributed by atoms with Crippen LogP contribution in [0.4, 0.5) is 4.79 Å². The summed E-state index contributed by atoms with van der Waals surface area (Å²) in [7, 11) is 0. The number of rotatable bonds is 5. The highest BCUT2D eigenvalue weighted by molar-refractivity contribution is 5.74. The number of hydrogen-bond donors (Lipinski definition) is 2. The van der Waals surface area contributed by atoms with E-state index in [4.69, 9.17) is 4.74 Å². The van der Waals surface area contributed by atoms with Crippen molar-refractivity contribution in [3.63, 3.8) is 0 Å². The SMILES string of the molecule is Cc1ccc(OCCNC(=O)NC2CCCCC2C)cc1. The molecule has 0 saturated heterocycles.